The summed E-state index contributed by atoms with van der Waals surface area (Å²) in [5.74, 6) is -0.0589. The molecule has 0 aromatic heterocycles. The molecule has 2 aromatic rings. The Morgan fingerprint density at radius 3 is 2.28 bits per heavy atom. The highest BCUT2D eigenvalue weighted by Gasteiger charge is 2.17. The fourth-order valence-corrected chi connectivity index (χ4v) is 2.65. The smallest absolute Gasteiger partial charge is 0.338 e. The Kier molecular flexibility index (Phi) is 7.59. The molecule has 0 saturated heterocycles. The molecule has 0 heterocycles. The van der Waals surface area contributed by atoms with Crippen LogP contribution in [0.5, 0.6) is 11.5 Å². The van der Waals surface area contributed by atoms with E-state index in [0.29, 0.717) is 17.2 Å². The van der Waals surface area contributed by atoms with Gasteiger partial charge in [-0.25, -0.2) is 4.79 Å². The van der Waals surface area contributed by atoms with Crippen molar-refractivity contribution in [2.24, 2.45) is 0 Å². The molecule has 2 amide bonds. The molecular formula is C21H24N2O6. The molecular weight excluding hydrogens is 376 g/mol. The van der Waals surface area contributed by atoms with Gasteiger partial charge < -0.3 is 24.8 Å². The van der Waals surface area contributed by atoms with Gasteiger partial charge in [0, 0.05) is 18.2 Å². The van der Waals surface area contributed by atoms with Gasteiger partial charge >= 0.3 is 5.97 Å². The summed E-state index contributed by atoms with van der Waals surface area (Å²) in [7, 11) is 3.09. The molecule has 0 spiro atoms. The number of hydrogen-bond acceptors (Lipinski definition) is 6. The van der Waals surface area contributed by atoms with Crippen LogP contribution in [-0.2, 0) is 14.3 Å². The topological polar surface area (TPSA) is 103 Å². The van der Waals surface area contributed by atoms with E-state index in [1.165, 1.54) is 19.1 Å². The van der Waals surface area contributed by atoms with Crippen molar-refractivity contribution in [3.8, 4) is 11.5 Å². The number of anilines is 1. The maximum atomic E-state index is 12.2. The lowest BCUT2D eigenvalue weighted by Gasteiger charge is -2.18. The van der Waals surface area contributed by atoms with E-state index in [9.17, 15) is 14.4 Å². The number of amides is 2. The SMILES string of the molecule is COc1ccc(OC)c(C(C)NC(=O)COC(=O)c2ccc(NC(C)=O)cc2)c1. The lowest BCUT2D eigenvalue weighted by Crippen LogP contribution is -2.31. The van der Waals surface area contributed by atoms with E-state index in [1.54, 1.807) is 51.5 Å². The number of esters is 1. The summed E-state index contributed by atoms with van der Waals surface area (Å²) in [6.45, 7) is 2.75. The fraction of sp³-hybridized carbons (Fsp3) is 0.286. The van der Waals surface area contributed by atoms with Gasteiger partial charge in [0.05, 0.1) is 25.8 Å². The molecule has 0 saturated carbocycles. The highest BCUT2D eigenvalue weighted by atomic mass is 16.5. The second kappa shape index (κ2) is 10.1. The van der Waals surface area contributed by atoms with Crippen LogP contribution in [0.2, 0.25) is 0 Å². The second-order valence-corrected chi connectivity index (χ2v) is 6.23. The maximum Gasteiger partial charge on any atom is 0.338 e. The average Bonchev–Trinajstić information content (AvgIpc) is 2.71. The van der Waals surface area contributed by atoms with Crippen LogP contribution in [0.3, 0.4) is 0 Å². The van der Waals surface area contributed by atoms with E-state index in [1.807, 2.05) is 0 Å². The first-order valence-electron chi connectivity index (χ1n) is 8.90. The van der Waals surface area contributed by atoms with Crippen molar-refractivity contribution >= 4 is 23.5 Å². The maximum absolute atomic E-state index is 12.2. The zero-order chi connectivity index (χ0) is 21.4. The van der Waals surface area contributed by atoms with Crippen molar-refractivity contribution in [1.29, 1.82) is 0 Å². The molecule has 0 aliphatic carbocycles. The van der Waals surface area contributed by atoms with Gasteiger partial charge in [-0.1, -0.05) is 0 Å². The average molecular weight is 400 g/mol. The van der Waals surface area contributed by atoms with Crippen LogP contribution in [0.15, 0.2) is 42.5 Å². The molecule has 0 aliphatic rings. The van der Waals surface area contributed by atoms with Crippen molar-refractivity contribution in [1.82, 2.24) is 5.32 Å². The first kappa shape index (κ1) is 21.7. The summed E-state index contributed by atoms with van der Waals surface area (Å²) >= 11 is 0. The van der Waals surface area contributed by atoms with E-state index >= 15 is 0 Å². The summed E-state index contributed by atoms with van der Waals surface area (Å²) in [6.07, 6.45) is 0. The Morgan fingerprint density at radius 2 is 1.69 bits per heavy atom. The standard InChI is InChI=1S/C21H24N2O6/c1-13(18-11-17(27-3)9-10-19(18)28-4)22-20(25)12-29-21(26)15-5-7-16(8-6-15)23-14(2)24/h5-11,13H,12H2,1-4H3,(H,22,25)(H,23,24). The van der Waals surface area contributed by atoms with Gasteiger partial charge in [0.1, 0.15) is 11.5 Å². The largest absolute Gasteiger partial charge is 0.497 e. The summed E-state index contributed by atoms with van der Waals surface area (Å²) in [4.78, 5) is 35.3. The molecule has 2 aromatic carbocycles. The number of nitrogens with one attached hydrogen (secondary N) is 2. The van der Waals surface area contributed by atoms with Gasteiger partial charge in [-0.2, -0.15) is 0 Å². The minimum Gasteiger partial charge on any atom is -0.497 e. The molecule has 0 fully saturated rings. The van der Waals surface area contributed by atoms with E-state index in [0.717, 1.165) is 5.56 Å². The molecule has 0 radical (unpaired) electrons. The third-order valence-corrected chi connectivity index (χ3v) is 4.06. The molecule has 2 N–H and O–H groups in total. The van der Waals surface area contributed by atoms with Gasteiger partial charge in [0.25, 0.3) is 5.91 Å². The highest BCUT2D eigenvalue weighted by molar-refractivity contribution is 5.93. The quantitative estimate of drug-likeness (QED) is 0.661. The lowest BCUT2D eigenvalue weighted by atomic mass is 10.1. The summed E-state index contributed by atoms with van der Waals surface area (Å²) in [6, 6.07) is 11.1. The number of rotatable bonds is 8. The first-order chi connectivity index (χ1) is 13.8. The van der Waals surface area contributed by atoms with Gasteiger partial charge in [0.2, 0.25) is 5.91 Å². The molecule has 8 nitrogen and oxygen atoms in total. The Morgan fingerprint density at radius 1 is 1.00 bits per heavy atom. The molecule has 0 bridgehead atoms. The van der Waals surface area contributed by atoms with Gasteiger partial charge in [-0.05, 0) is 49.4 Å². The van der Waals surface area contributed by atoms with E-state index in [-0.39, 0.29) is 17.5 Å². The van der Waals surface area contributed by atoms with Crippen molar-refractivity contribution in [2.75, 3.05) is 26.1 Å². The van der Waals surface area contributed by atoms with E-state index < -0.39 is 18.5 Å². The van der Waals surface area contributed by atoms with Crippen molar-refractivity contribution < 1.29 is 28.6 Å². The summed E-state index contributed by atoms with van der Waals surface area (Å²) in [5, 5.41) is 5.36. The van der Waals surface area contributed by atoms with Crippen LogP contribution in [0, 0.1) is 0 Å². The summed E-state index contributed by atoms with van der Waals surface area (Å²) in [5.41, 5.74) is 1.57. The predicted octanol–water partition coefficient (Wildman–Crippen LogP) is 2.70. The third kappa shape index (κ3) is 6.24. The molecule has 1 unspecified atom stereocenters. The number of methoxy groups -OCH3 is 2. The molecule has 1 atom stereocenters. The third-order valence-electron chi connectivity index (χ3n) is 4.06. The first-order valence-corrected chi connectivity index (χ1v) is 8.90. The van der Waals surface area contributed by atoms with Crippen LogP contribution < -0.4 is 20.1 Å². The van der Waals surface area contributed by atoms with Crippen LogP contribution >= 0.6 is 0 Å². The Hall–Kier alpha value is -3.55. The molecule has 0 aliphatic heterocycles. The predicted molar refractivity (Wildman–Crippen MR) is 107 cm³/mol. The normalized spacial score (nSPS) is 11.2. The van der Waals surface area contributed by atoms with Gasteiger partial charge in [-0.3, -0.25) is 9.59 Å². The molecule has 2 rings (SSSR count). The molecule has 29 heavy (non-hydrogen) atoms. The summed E-state index contributed by atoms with van der Waals surface area (Å²) < 4.78 is 15.6. The fourth-order valence-electron chi connectivity index (χ4n) is 2.65. The number of carbonyl (C=O) groups is 3. The van der Waals surface area contributed by atoms with Crippen molar-refractivity contribution in [3.05, 3.63) is 53.6 Å². The van der Waals surface area contributed by atoms with E-state index in [2.05, 4.69) is 10.6 Å². The Balaban J connectivity index is 1.92. The molecule has 8 heteroatoms. The van der Waals surface area contributed by atoms with Crippen LogP contribution in [-0.4, -0.2) is 38.6 Å². The lowest BCUT2D eigenvalue weighted by molar-refractivity contribution is -0.124. The van der Waals surface area contributed by atoms with Gasteiger partial charge in [-0.15, -0.1) is 0 Å². The monoisotopic (exact) mass is 400 g/mol. The zero-order valence-electron chi connectivity index (χ0n) is 16.8. The number of hydrogen-bond donors (Lipinski definition) is 2. The zero-order valence-corrected chi connectivity index (χ0v) is 16.8. The van der Waals surface area contributed by atoms with Gasteiger partial charge in [0.15, 0.2) is 6.61 Å². The number of carbonyl (C=O) groups excluding carboxylic acids is 3. The molecule has 154 valence electrons. The number of benzene rings is 2. The number of ether oxygens (including phenoxy) is 3. The van der Waals surface area contributed by atoms with Crippen LogP contribution in [0.1, 0.15) is 35.8 Å². The van der Waals surface area contributed by atoms with Crippen LogP contribution in [0.4, 0.5) is 5.69 Å². The van der Waals surface area contributed by atoms with E-state index in [4.69, 9.17) is 14.2 Å². The van der Waals surface area contributed by atoms with Crippen LogP contribution in [0.25, 0.3) is 0 Å². The minimum atomic E-state index is -0.638. The van der Waals surface area contributed by atoms with Crippen molar-refractivity contribution in [3.63, 3.8) is 0 Å². The van der Waals surface area contributed by atoms with Crippen molar-refractivity contribution in [2.45, 2.75) is 19.9 Å². The highest BCUT2D eigenvalue weighted by Crippen LogP contribution is 2.29. The Labute approximate surface area is 169 Å². The second-order valence-electron chi connectivity index (χ2n) is 6.23. The Bertz CT molecular complexity index is 879. The minimum absolute atomic E-state index is 0.209.